The summed E-state index contributed by atoms with van der Waals surface area (Å²) in [4.78, 5) is 0. The minimum Gasteiger partial charge on any atom is -0.396 e. The molecule has 0 saturated heterocycles. The fraction of sp³-hybridized carbons (Fsp3) is 1.00. The molecule has 0 aromatic carbocycles. The van der Waals surface area contributed by atoms with Gasteiger partial charge in [0.05, 0.1) is 0 Å². The fourth-order valence-corrected chi connectivity index (χ4v) is 1.40. The molecule has 0 atom stereocenters. The van der Waals surface area contributed by atoms with E-state index in [1.54, 1.807) is 0 Å². The molecule has 1 nitrogen and oxygen atoms in total. The molecule has 0 aliphatic carbocycles. The Labute approximate surface area is 117 Å². The van der Waals surface area contributed by atoms with Gasteiger partial charge in [0.15, 0.2) is 0 Å². The summed E-state index contributed by atoms with van der Waals surface area (Å²) in [6.07, 6.45) is -10.5. The second-order valence-corrected chi connectivity index (χ2v) is 4.46. The first kappa shape index (κ1) is 21.2. The lowest BCUT2D eigenvalue weighted by Crippen LogP contribution is -2.66. The lowest BCUT2D eigenvalue weighted by atomic mass is 9.94. The van der Waals surface area contributed by atoms with E-state index in [0.29, 0.717) is 0 Å². The van der Waals surface area contributed by atoms with Gasteiger partial charge in [-0.25, -0.2) is 0 Å². The maximum atomic E-state index is 13.0. The van der Waals surface area contributed by atoms with Crippen molar-refractivity contribution in [3.05, 3.63) is 0 Å². The number of aliphatic hydroxyl groups excluding tert-OH is 1. The Hall–Kier alpha value is -0.810. The number of alkyl halides is 11. The van der Waals surface area contributed by atoms with E-state index in [1.807, 2.05) is 0 Å². The molecule has 0 aromatic heterocycles. The van der Waals surface area contributed by atoms with Gasteiger partial charge >= 0.3 is 29.9 Å². The van der Waals surface area contributed by atoms with Crippen LogP contribution in [0.25, 0.3) is 0 Å². The number of unbranched alkanes of at least 4 members (excludes halogenated alkanes) is 2. The van der Waals surface area contributed by atoms with Crippen LogP contribution in [0.4, 0.5) is 48.3 Å². The van der Waals surface area contributed by atoms with E-state index < -0.39 is 49.3 Å². The van der Waals surface area contributed by atoms with Crippen molar-refractivity contribution >= 4 is 0 Å². The molecule has 0 rings (SSSR count). The highest BCUT2D eigenvalue weighted by atomic mass is 19.4. The fourth-order valence-electron chi connectivity index (χ4n) is 1.40. The zero-order chi connectivity index (χ0) is 18.0. The molecule has 0 fully saturated rings. The Morgan fingerprint density at radius 2 is 1.00 bits per heavy atom. The van der Waals surface area contributed by atoms with Crippen molar-refractivity contribution in [3.63, 3.8) is 0 Å². The van der Waals surface area contributed by atoms with Gasteiger partial charge < -0.3 is 5.11 Å². The van der Waals surface area contributed by atoms with E-state index in [0.717, 1.165) is 0 Å². The Balaban J connectivity index is 5.41. The maximum absolute atomic E-state index is 13.0. The Morgan fingerprint density at radius 1 is 0.545 bits per heavy atom. The van der Waals surface area contributed by atoms with E-state index >= 15 is 0 Å². The molecular formula is C10H11F11O. The average Bonchev–Trinajstić information content (AvgIpc) is 2.32. The smallest absolute Gasteiger partial charge is 0.396 e. The van der Waals surface area contributed by atoms with Crippen molar-refractivity contribution in [1.29, 1.82) is 0 Å². The minimum absolute atomic E-state index is 0.156. The molecule has 1 N–H and O–H groups in total. The third-order valence-electron chi connectivity index (χ3n) is 2.75. The minimum atomic E-state index is -7.34. The van der Waals surface area contributed by atoms with Gasteiger partial charge in [-0.15, -0.1) is 0 Å². The molecule has 0 radical (unpaired) electrons. The predicted molar refractivity (Wildman–Crippen MR) is 51.4 cm³/mol. The normalized spacial score (nSPS) is 15.3. The van der Waals surface area contributed by atoms with E-state index in [4.69, 9.17) is 5.11 Å². The third kappa shape index (κ3) is 3.57. The van der Waals surface area contributed by atoms with Crippen LogP contribution < -0.4 is 0 Å². The van der Waals surface area contributed by atoms with Gasteiger partial charge in [-0.05, 0) is 12.8 Å². The SMILES string of the molecule is OCCCCCC(F)(F)C(F)(F)C(F)(F)C(F)(F)C(F)(F)F. The van der Waals surface area contributed by atoms with Crippen LogP contribution in [0.1, 0.15) is 25.7 Å². The standard InChI is InChI=1S/C10H11F11O/c11-6(12,4-2-1-3-5-22)7(13,14)8(15,16)9(17,18)10(19,20)21/h22H,1-5H2. The second kappa shape index (κ2) is 6.36. The van der Waals surface area contributed by atoms with E-state index in [2.05, 4.69) is 0 Å². The monoisotopic (exact) mass is 356 g/mol. The Morgan fingerprint density at radius 3 is 1.36 bits per heavy atom. The topological polar surface area (TPSA) is 20.2 Å². The van der Waals surface area contributed by atoms with Crippen LogP contribution in [0.3, 0.4) is 0 Å². The molecule has 22 heavy (non-hydrogen) atoms. The van der Waals surface area contributed by atoms with E-state index in [1.165, 1.54) is 0 Å². The van der Waals surface area contributed by atoms with Crippen LogP contribution in [0.5, 0.6) is 0 Å². The molecule has 0 unspecified atom stereocenters. The van der Waals surface area contributed by atoms with Crippen LogP contribution in [0.15, 0.2) is 0 Å². The summed E-state index contributed by atoms with van der Waals surface area (Å²) in [6, 6.07) is 0. The zero-order valence-electron chi connectivity index (χ0n) is 10.6. The Kier molecular flexibility index (Phi) is 6.13. The van der Waals surface area contributed by atoms with Crippen LogP contribution in [0, 0.1) is 0 Å². The second-order valence-electron chi connectivity index (χ2n) is 4.46. The molecule has 0 aliphatic rings. The molecule has 0 spiro atoms. The first-order chi connectivity index (χ1) is 9.56. The number of hydrogen-bond donors (Lipinski definition) is 1. The van der Waals surface area contributed by atoms with E-state index in [9.17, 15) is 48.3 Å². The van der Waals surface area contributed by atoms with Crippen molar-refractivity contribution in [2.75, 3.05) is 6.61 Å². The molecule has 134 valence electrons. The van der Waals surface area contributed by atoms with Gasteiger partial charge in [0.1, 0.15) is 0 Å². The first-order valence-electron chi connectivity index (χ1n) is 5.75. The van der Waals surface area contributed by atoms with Gasteiger partial charge in [-0.1, -0.05) is 6.42 Å². The van der Waals surface area contributed by atoms with Crippen molar-refractivity contribution in [2.24, 2.45) is 0 Å². The maximum Gasteiger partial charge on any atom is 0.460 e. The van der Waals surface area contributed by atoms with Crippen molar-refractivity contribution in [1.82, 2.24) is 0 Å². The number of aliphatic hydroxyl groups is 1. The van der Waals surface area contributed by atoms with Gasteiger partial charge in [-0.2, -0.15) is 48.3 Å². The summed E-state index contributed by atoms with van der Waals surface area (Å²) >= 11 is 0. The summed E-state index contributed by atoms with van der Waals surface area (Å²) < 4.78 is 138. The number of hydrogen-bond acceptors (Lipinski definition) is 1. The van der Waals surface area contributed by atoms with Crippen LogP contribution >= 0.6 is 0 Å². The Bertz CT molecular complexity index is 360. The first-order valence-corrected chi connectivity index (χ1v) is 5.75. The van der Waals surface area contributed by atoms with Crippen molar-refractivity contribution < 1.29 is 53.4 Å². The van der Waals surface area contributed by atoms with Gasteiger partial charge in [0.25, 0.3) is 0 Å². The quantitative estimate of drug-likeness (QED) is 0.496. The van der Waals surface area contributed by atoms with Crippen LogP contribution in [-0.2, 0) is 0 Å². The molecule has 0 heterocycles. The highest BCUT2D eigenvalue weighted by Gasteiger charge is 2.86. The van der Waals surface area contributed by atoms with Gasteiger partial charge in [0, 0.05) is 13.0 Å². The largest absolute Gasteiger partial charge is 0.460 e. The number of halogens is 11. The molecule has 0 aliphatic heterocycles. The van der Waals surface area contributed by atoms with Crippen LogP contribution in [0.2, 0.25) is 0 Å². The van der Waals surface area contributed by atoms with Crippen LogP contribution in [-0.4, -0.2) is 41.6 Å². The zero-order valence-corrected chi connectivity index (χ0v) is 10.6. The van der Waals surface area contributed by atoms with Crippen molar-refractivity contribution in [3.8, 4) is 0 Å². The summed E-state index contributed by atoms with van der Waals surface area (Å²) in [6.45, 7) is -0.524. The summed E-state index contributed by atoms with van der Waals surface area (Å²) in [5.74, 6) is -27.4. The summed E-state index contributed by atoms with van der Waals surface area (Å²) in [7, 11) is 0. The van der Waals surface area contributed by atoms with Crippen molar-refractivity contribution in [2.45, 2.75) is 55.5 Å². The molecule has 0 saturated carbocycles. The predicted octanol–water partition coefficient (Wildman–Crippen LogP) is 4.64. The lowest BCUT2D eigenvalue weighted by molar-refractivity contribution is -0.422. The summed E-state index contributed by atoms with van der Waals surface area (Å²) in [5.41, 5.74) is 0. The van der Waals surface area contributed by atoms with Gasteiger partial charge in [0.2, 0.25) is 0 Å². The third-order valence-corrected chi connectivity index (χ3v) is 2.75. The molecule has 0 bridgehead atoms. The lowest BCUT2D eigenvalue weighted by Gasteiger charge is -2.37. The highest BCUT2D eigenvalue weighted by Crippen LogP contribution is 2.58. The molecular weight excluding hydrogens is 345 g/mol. The molecule has 0 aromatic rings. The van der Waals surface area contributed by atoms with Gasteiger partial charge in [-0.3, -0.25) is 0 Å². The number of rotatable bonds is 8. The summed E-state index contributed by atoms with van der Waals surface area (Å²) in [5, 5.41) is 8.30. The average molecular weight is 356 g/mol. The molecule has 12 heteroatoms. The highest BCUT2D eigenvalue weighted by molar-refractivity contribution is 5.06. The van der Waals surface area contributed by atoms with E-state index in [-0.39, 0.29) is 12.8 Å². The molecule has 0 amide bonds.